The van der Waals surface area contributed by atoms with E-state index in [0.717, 1.165) is 32.1 Å². The zero-order valence-corrected chi connectivity index (χ0v) is 11.3. The van der Waals surface area contributed by atoms with Crippen molar-refractivity contribution in [3.63, 3.8) is 0 Å². The van der Waals surface area contributed by atoms with Gasteiger partial charge < -0.3 is 0 Å². The number of halogens is 1. The zero-order valence-electron chi connectivity index (χ0n) is 10.6. The normalized spacial score (nSPS) is 17.0. The fraction of sp³-hybridized carbons (Fsp3) is 0.750. The van der Waals surface area contributed by atoms with Crippen LogP contribution in [0.2, 0.25) is 5.15 Å². The van der Waals surface area contributed by atoms with Crippen LogP contribution in [0.25, 0.3) is 0 Å². The molecule has 1 aliphatic carbocycles. The Morgan fingerprint density at radius 1 is 1.44 bits per heavy atom. The van der Waals surface area contributed by atoms with Crippen LogP contribution in [0, 0.1) is 10.1 Å². The summed E-state index contributed by atoms with van der Waals surface area (Å²) in [6.45, 7) is 1.98. The Hall–Kier alpha value is -1.10. The zero-order chi connectivity index (χ0) is 13.1. The molecule has 6 heteroatoms. The van der Waals surface area contributed by atoms with Crippen molar-refractivity contribution in [2.45, 2.75) is 57.9 Å². The van der Waals surface area contributed by atoms with Crippen LogP contribution >= 0.6 is 11.6 Å². The van der Waals surface area contributed by atoms with E-state index in [1.165, 1.54) is 6.42 Å². The fourth-order valence-electron chi connectivity index (χ4n) is 2.60. The number of nitro groups is 1. The topological polar surface area (TPSA) is 61.0 Å². The van der Waals surface area contributed by atoms with Gasteiger partial charge in [0.05, 0.1) is 11.0 Å². The summed E-state index contributed by atoms with van der Waals surface area (Å²) in [5.41, 5.74) is 0.530. The van der Waals surface area contributed by atoms with Gasteiger partial charge in [0.2, 0.25) is 5.15 Å². The first-order valence-electron chi connectivity index (χ1n) is 6.56. The summed E-state index contributed by atoms with van der Waals surface area (Å²) in [6.07, 6.45) is 7.01. The van der Waals surface area contributed by atoms with Gasteiger partial charge in [0.25, 0.3) is 0 Å². The summed E-state index contributed by atoms with van der Waals surface area (Å²) in [7, 11) is 0. The molecule has 1 aliphatic rings. The van der Waals surface area contributed by atoms with Crippen LogP contribution in [0.15, 0.2) is 0 Å². The van der Waals surface area contributed by atoms with Crippen LogP contribution in [0.1, 0.15) is 57.2 Å². The molecule has 1 aromatic heterocycles. The molecule has 1 saturated carbocycles. The molecule has 0 N–H and O–H groups in total. The molecule has 0 aliphatic heterocycles. The third-order valence-electron chi connectivity index (χ3n) is 3.49. The molecule has 0 spiro atoms. The van der Waals surface area contributed by atoms with E-state index in [1.807, 2.05) is 6.92 Å². The molecule has 0 amide bonds. The van der Waals surface area contributed by atoms with Crippen LogP contribution in [0.3, 0.4) is 0 Å². The molecule has 0 saturated heterocycles. The van der Waals surface area contributed by atoms with Crippen LogP contribution < -0.4 is 0 Å². The Morgan fingerprint density at radius 2 is 2.11 bits per heavy atom. The molecule has 0 radical (unpaired) electrons. The van der Waals surface area contributed by atoms with E-state index in [2.05, 4.69) is 5.10 Å². The second-order valence-corrected chi connectivity index (χ2v) is 5.19. The Bertz CT molecular complexity index is 439. The summed E-state index contributed by atoms with van der Waals surface area (Å²) >= 11 is 6.15. The monoisotopic (exact) mass is 271 g/mol. The SMILES string of the molecule is CCCc1nn(C2CCCCC2)c(Cl)c1[N+](=O)[O-]. The third kappa shape index (κ3) is 2.51. The van der Waals surface area contributed by atoms with Crippen molar-refractivity contribution in [2.75, 3.05) is 0 Å². The largest absolute Gasteiger partial charge is 0.329 e. The lowest BCUT2D eigenvalue weighted by molar-refractivity contribution is -0.385. The maximum atomic E-state index is 11.1. The highest BCUT2D eigenvalue weighted by Gasteiger charge is 2.29. The van der Waals surface area contributed by atoms with Gasteiger partial charge >= 0.3 is 5.69 Å². The van der Waals surface area contributed by atoms with Crippen LogP contribution in [0.4, 0.5) is 5.69 Å². The Labute approximate surface area is 111 Å². The van der Waals surface area contributed by atoms with Crippen molar-refractivity contribution >= 4 is 17.3 Å². The minimum Gasteiger partial charge on any atom is -0.258 e. The Kier molecular flexibility index (Phi) is 4.22. The molecule has 5 nitrogen and oxygen atoms in total. The number of aryl methyl sites for hydroxylation is 1. The average Bonchev–Trinajstić information content (AvgIpc) is 2.68. The van der Waals surface area contributed by atoms with E-state index >= 15 is 0 Å². The van der Waals surface area contributed by atoms with E-state index in [9.17, 15) is 10.1 Å². The van der Waals surface area contributed by atoms with Gasteiger partial charge in [0, 0.05) is 0 Å². The highest BCUT2D eigenvalue weighted by Crippen LogP contribution is 2.36. The number of nitrogens with zero attached hydrogens (tertiary/aromatic N) is 3. The van der Waals surface area contributed by atoms with Gasteiger partial charge in [-0.2, -0.15) is 5.10 Å². The van der Waals surface area contributed by atoms with E-state index < -0.39 is 4.92 Å². The molecular formula is C12H18ClN3O2. The van der Waals surface area contributed by atoms with Crippen molar-refractivity contribution in [3.8, 4) is 0 Å². The summed E-state index contributed by atoms with van der Waals surface area (Å²) in [6, 6.07) is 0.232. The van der Waals surface area contributed by atoms with Crippen LogP contribution in [-0.4, -0.2) is 14.7 Å². The number of rotatable bonds is 4. The van der Waals surface area contributed by atoms with E-state index in [4.69, 9.17) is 11.6 Å². The van der Waals surface area contributed by atoms with Gasteiger partial charge in [-0.25, -0.2) is 4.68 Å². The second kappa shape index (κ2) is 5.69. The van der Waals surface area contributed by atoms with Crippen molar-refractivity contribution in [1.29, 1.82) is 0 Å². The second-order valence-electron chi connectivity index (χ2n) is 4.83. The molecule has 2 rings (SSSR count). The molecule has 1 fully saturated rings. The smallest absolute Gasteiger partial charge is 0.258 e. The Balaban J connectivity index is 2.35. The molecule has 1 heterocycles. The summed E-state index contributed by atoms with van der Waals surface area (Å²) in [5, 5.41) is 15.7. The quantitative estimate of drug-likeness (QED) is 0.616. The van der Waals surface area contributed by atoms with Gasteiger partial charge in [-0.3, -0.25) is 10.1 Å². The molecule has 0 atom stereocenters. The van der Waals surface area contributed by atoms with Crippen molar-refractivity contribution in [2.24, 2.45) is 0 Å². The molecular weight excluding hydrogens is 254 g/mol. The van der Waals surface area contributed by atoms with Gasteiger partial charge in [-0.05, 0) is 19.3 Å². The third-order valence-corrected chi connectivity index (χ3v) is 3.84. The van der Waals surface area contributed by atoms with Crippen molar-refractivity contribution < 1.29 is 4.92 Å². The van der Waals surface area contributed by atoms with Crippen LogP contribution in [0.5, 0.6) is 0 Å². The molecule has 1 aromatic rings. The lowest BCUT2D eigenvalue weighted by Gasteiger charge is -2.22. The minimum absolute atomic E-state index is 0.00379. The minimum atomic E-state index is -0.403. The highest BCUT2D eigenvalue weighted by molar-refractivity contribution is 6.31. The lowest BCUT2D eigenvalue weighted by atomic mass is 9.96. The predicted octanol–water partition coefficient (Wildman–Crippen LogP) is 3.90. The van der Waals surface area contributed by atoms with Gasteiger partial charge in [-0.1, -0.05) is 44.2 Å². The maximum Gasteiger partial charge on any atom is 0.329 e. The summed E-state index contributed by atoms with van der Waals surface area (Å²) < 4.78 is 1.68. The molecule has 100 valence electrons. The molecule has 0 bridgehead atoms. The summed E-state index contributed by atoms with van der Waals surface area (Å²) in [5.74, 6) is 0. The predicted molar refractivity (Wildman–Crippen MR) is 70.0 cm³/mol. The van der Waals surface area contributed by atoms with E-state index in [1.54, 1.807) is 4.68 Å². The lowest BCUT2D eigenvalue weighted by Crippen LogP contribution is -2.14. The molecule has 18 heavy (non-hydrogen) atoms. The van der Waals surface area contributed by atoms with Crippen molar-refractivity contribution in [3.05, 3.63) is 21.0 Å². The van der Waals surface area contributed by atoms with Gasteiger partial charge in [0.1, 0.15) is 5.69 Å². The van der Waals surface area contributed by atoms with Gasteiger partial charge in [-0.15, -0.1) is 0 Å². The molecule has 0 aromatic carbocycles. The first-order chi connectivity index (χ1) is 8.65. The number of hydrogen-bond donors (Lipinski definition) is 0. The van der Waals surface area contributed by atoms with Crippen molar-refractivity contribution in [1.82, 2.24) is 9.78 Å². The van der Waals surface area contributed by atoms with E-state index in [-0.39, 0.29) is 16.9 Å². The fourth-order valence-corrected chi connectivity index (χ4v) is 2.96. The first-order valence-corrected chi connectivity index (χ1v) is 6.94. The standard InChI is InChI=1S/C12H18ClN3O2/c1-2-6-10-11(16(17)18)12(13)15(14-10)9-7-4-3-5-8-9/h9H,2-8H2,1H3. The average molecular weight is 272 g/mol. The van der Waals surface area contributed by atoms with Crippen LogP contribution in [-0.2, 0) is 6.42 Å². The molecule has 0 unspecified atom stereocenters. The number of aromatic nitrogens is 2. The number of hydrogen-bond acceptors (Lipinski definition) is 3. The van der Waals surface area contributed by atoms with E-state index in [0.29, 0.717) is 12.1 Å². The summed E-state index contributed by atoms with van der Waals surface area (Å²) in [4.78, 5) is 10.7. The first kappa shape index (κ1) is 13.3. The Morgan fingerprint density at radius 3 is 2.67 bits per heavy atom. The van der Waals surface area contributed by atoms with Gasteiger partial charge in [0.15, 0.2) is 0 Å². The maximum absolute atomic E-state index is 11.1. The highest BCUT2D eigenvalue weighted by atomic mass is 35.5.